The molecule has 2 fully saturated rings. The molecule has 2 aliphatic rings. The molecular weight excluding hydrogens is 107 g/mol. The Morgan fingerprint density at radius 3 is 2.11 bits per heavy atom. The van der Waals surface area contributed by atoms with Crippen molar-refractivity contribution in [3.05, 3.63) is 0 Å². The van der Waals surface area contributed by atoms with Gasteiger partial charge in [0.15, 0.2) is 0 Å². The lowest BCUT2D eigenvalue weighted by Crippen LogP contribution is -2.07. The van der Waals surface area contributed by atoms with Gasteiger partial charge in [0.05, 0.1) is 0 Å². The van der Waals surface area contributed by atoms with Crippen molar-refractivity contribution in [3.8, 4) is 0 Å². The third-order valence-electron chi connectivity index (χ3n) is 2.94. The summed E-state index contributed by atoms with van der Waals surface area (Å²) in [6.45, 7) is 1.19. The van der Waals surface area contributed by atoms with Gasteiger partial charge in [-0.25, -0.2) is 0 Å². The summed E-state index contributed by atoms with van der Waals surface area (Å²) in [5.74, 6) is 1.17. The first kappa shape index (κ1) is 5.82. The highest BCUT2D eigenvalue weighted by atomic mass is 14.2. The normalized spacial score (nSPS) is 28.7. The zero-order chi connectivity index (χ0) is 6.10. The van der Waals surface area contributed by atoms with E-state index in [9.17, 15) is 0 Å². The van der Waals surface area contributed by atoms with Gasteiger partial charge in [0.25, 0.3) is 0 Å². The second kappa shape index (κ2) is 2.36. The molecule has 0 bridgehead atoms. The van der Waals surface area contributed by atoms with Crippen molar-refractivity contribution >= 4 is 6.71 Å². The highest BCUT2D eigenvalue weighted by Crippen LogP contribution is 2.41. The van der Waals surface area contributed by atoms with Gasteiger partial charge in [0.1, 0.15) is 6.71 Å². The van der Waals surface area contributed by atoms with Gasteiger partial charge < -0.3 is 0 Å². The molecule has 1 saturated heterocycles. The van der Waals surface area contributed by atoms with Crippen molar-refractivity contribution < 1.29 is 0 Å². The van der Waals surface area contributed by atoms with Crippen LogP contribution in [0.2, 0.25) is 18.5 Å². The van der Waals surface area contributed by atoms with Crippen LogP contribution in [-0.4, -0.2) is 6.71 Å². The average molecular weight is 122 g/mol. The van der Waals surface area contributed by atoms with Crippen molar-refractivity contribution in [1.29, 1.82) is 0 Å². The SMILES string of the molecule is C1CCC(B2CC2)CC1. The Hall–Kier alpha value is 0.0649. The maximum Gasteiger partial charge on any atom is 0.141 e. The first-order valence-electron chi connectivity index (χ1n) is 4.47. The van der Waals surface area contributed by atoms with E-state index in [0.717, 1.165) is 0 Å². The van der Waals surface area contributed by atoms with Crippen molar-refractivity contribution in [2.75, 3.05) is 0 Å². The van der Waals surface area contributed by atoms with Crippen LogP contribution in [0.5, 0.6) is 0 Å². The third-order valence-corrected chi connectivity index (χ3v) is 2.94. The summed E-state index contributed by atoms with van der Waals surface area (Å²) < 4.78 is 0. The third kappa shape index (κ3) is 1.31. The van der Waals surface area contributed by atoms with Crippen LogP contribution < -0.4 is 0 Å². The first-order valence-corrected chi connectivity index (χ1v) is 4.47. The summed E-state index contributed by atoms with van der Waals surface area (Å²) in [5.41, 5.74) is 0. The fourth-order valence-corrected chi connectivity index (χ4v) is 2.17. The lowest BCUT2D eigenvalue weighted by Gasteiger charge is -2.19. The molecule has 0 amide bonds. The molecule has 0 nitrogen and oxygen atoms in total. The molecule has 9 heavy (non-hydrogen) atoms. The Morgan fingerprint density at radius 2 is 1.56 bits per heavy atom. The molecule has 0 unspecified atom stereocenters. The Balaban J connectivity index is 1.80. The van der Waals surface area contributed by atoms with Crippen molar-refractivity contribution in [3.63, 3.8) is 0 Å². The van der Waals surface area contributed by atoms with E-state index in [1.165, 1.54) is 31.8 Å². The van der Waals surface area contributed by atoms with Crippen molar-refractivity contribution in [1.82, 2.24) is 0 Å². The monoisotopic (exact) mass is 122 g/mol. The zero-order valence-corrected chi connectivity index (χ0v) is 6.10. The Kier molecular flexibility index (Phi) is 1.53. The molecule has 1 aliphatic heterocycles. The van der Waals surface area contributed by atoms with Crippen LogP contribution in [0.25, 0.3) is 0 Å². The molecule has 1 heterocycles. The van der Waals surface area contributed by atoms with E-state index in [1.807, 2.05) is 0 Å². The molecule has 2 rings (SSSR count). The maximum atomic E-state index is 1.56. The van der Waals surface area contributed by atoms with Crippen LogP contribution in [0.1, 0.15) is 32.1 Å². The maximum absolute atomic E-state index is 1.56. The predicted octanol–water partition coefficient (Wildman–Crippen LogP) is 2.83. The highest BCUT2D eigenvalue weighted by molar-refractivity contribution is 6.70. The van der Waals surface area contributed by atoms with Crippen LogP contribution >= 0.6 is 0 Å². The standard InChI is InChI=1S/C8H15B/c1-2-4-8(5-3-1)9-6-7-9/h8H,1-7H2. The van der Waals surface area contributed by atoms with Gasteiger partial charge in [0.2, 0.25) is 0 Å². The van der Waals surface area contributed by atoms with E-state index in [-0.39, 0.29) is 0 Å². The summed E-state index contributed by atoms with van der Waals surface area (Å²) in [7, 11) is 0. The van der Waals surface area contributed by atoms with Gasteiger partial charge in [0, 0.05) is 0 Å². The molecule has 0 atom stereocenters. The van der Waals surface area contributed by atoms with Crippen LogP contribution in [0, 0.1) is 0 Å². The number of hydrogen-bond donors (Lipinski definition) is 0. The molecule has 1 aliphatic carbocycles. The molecule has 50 valence electrons. The summed E-state index contributed by atoms with van der Waals surface area (Å²) >= 11 is 0. The van der Waals surface area contributed by atoms with Gasteiger partial charge in [-0.3, -0.25) is 0 Å². The molecule has 0 aromatic rings. The predicted molar refractivity (Wildman–Crippen MR) is 42.2 cm³/mol. The Labute approximate surface area is 58.1 Å². The van der Waals surface area contributed by atoms with Gasteiger partial charge in [-0.05, 0) is 0 Å². The molecular formula is C8H15B. The van der Waals surface area contributed by atoms with Gasteiger partial charge in [-0.1, -0.05) is 50.6 Å². The van der Waals surface area contributed by atoms with E-state index in [0.29, 0.717) is 0 Å². The average Bonchev–Trinajstić information content (AvgIpc) is 2.71. The lowest BCUT2D eigenvalue weighted by molar-refractivity contribution is 0.500. The summed E-state index contributed by atoms with van der Waals surface area (Å²) in [4.78, 5) is 0. The summed E-state index contributed by atoms with van der Waals surface area (Å²) in [5, 5.41) is 0. The van der Waals surface area contributed by atoms with E-state index < -0.39 is 0 Å². The van der Waals surface area contributed by atoms with Crippen LogP contribution in [0.15, 0.2) is 0 Å². The van der Waals surface area contributed by atoms with Gasteiger partial charge >= 0.3 is 0 Å². The summed E-state index contributed by atoms with van der Waals surface area (Å²) in [6.07, 6.45) is 10.8. The van der Waals surface area contributed by atoms with Crippen LogP contribution in [-0.2, 0) is 0 Å². The van der Waals surface area contributed by atoms with Crippen molar-refractivity contribution in [2.24, 2.45) is 0 Å². The fourth-order valence-electron chi connectivity index (χ4n) is 2.17. The molecule has 0 aromatic heterocycles. The van der Waals surface area contributed by atoms with Gasteiger partial charge in [-0.15, -0.1) is 0 Å². The molecule has 0 aromatic carbocycles. The van der Waals surface area contributed by atoms with Gasteiger partial charge in [-0.2, -0.15) is 0 Å². The second-order valence-corrected chi connectivity index (χ2v) is 3.74. The quantitative estimate of drug-likeness (QED) is 0.469. The highest BCUT2D eigenvalue weighted by Gasteiger charge is 2.34. The molecule has 0 radical (unpaired) electrons. The van der Waals surface area contributed by atoms with E-state index in [2.05, 4.69) is 0 Å². The summed E-state index contributed by atoms with van der Waals surface area (Å²) in [6, 6.07) is 0. The number of hydrogen-bond acceptors (Lipinski definition) is 0. The topological polar surface area (TPSA) is 0 Å². The largest absolute Gasteiger partial charge is 0.141 e. The first-order chi connectivity index (χ1) is 4.47. The Bertz CT molecular complexity index is 90.7. The van der Waals surface area contributed by atoms with Crippen LogP contribution in [0.3, 0.4) is 0 Å². The van der Waals surface area contributed by atoms with Crippen LogP contribution in [0.4, 0.5) is 0 Å². The number of rotatable bonds is 1. The molecule has 0 N–H and O–H groups in total. The van der Waals surface area contributed by atoms with E-state index in [1.54, 1.807) is 25.5 Å². The van der Waals surface area contributed by atoms with Crippen molar-refractivity contribution in [2.45, 2.75) is 50.6 Å². The fraction of sp³-hybridized carbons (Fsp3) is 1.00. The minimum Gasteiger partial charge on any atom is -0.0804 e. The second-order valence-electron chi connectivity index (χ2n) is 3.74. The molecule has 0 spiro atoms. The lowest BCUT2D eigenvalue weighted by atomic mass is 9.53. The van der Waals surface area contributed by atoms with E-state index >= 15 is 0 Å². The zero-order valence-electron chi connectivity index (χ0n) is 6.10. The molecule has 1 saturated carbocycles. The minimum absolute atomic E-state index is 1.17. The minimum atomic E-state index is 1.17. The van der Waals surface area contributed by atoms with E-state index in [4.69, 9.17) is 0 Å². The smallest absolute Gasteiger partial charge is 0.0804 e. The molecule has 1 heteroatoms. The Morgan fingerprint density at radius 1 is 0.889 bits per heavy atom.